The van der Waals surface area contributed by atoms with E-state index >= 15 is 0 Å². The fraction of sp³-hybridized carbons (Fsp3) is 0. The lowest BCUT2D eigenvalue weighted by Crippen LogP contribution is -2.76. The van der Waals surface area contributed by atoms with Gasteiger partial charge >= 0.3 is 0 Å². The Morgan fingerprint density at radius 2 is 0.909 bits per heavy atom. The minimum absolute atomic E-state index is 0.833. The molecule has 0 saturated heterocycles. The summed E-state index contributed by atoms with van der Waals surface area (Å²) < 4.78 is 0. The van der Waals surface area contributed by atoms with Crippen LogP contribution >= 0.6 is 0 Å². The molecule has 108 valence electrons. The second-order valence-corrected chi connectivity index (χ2v) is 8.63. The molecule has 0 saturated carbocycles. The van der Waals surface area contributed by atoms with Crippen molar-refractivity contribution in [3.8, 4) is 0 Å². The highest BCUT2D eigenvalue weighted by Crippen LogP contribution is 2.04. The van der Waals surface area contributed by atoms with E-state index in [2.05, 4.69) is 41.4 Å². The SMILES string of the molecule is O=CN[Si](c1ccccc1)(c1ccccc1)c1ccccc1. The maximum Gasteiger partial charge on any atom is 0.252 e. The van der Waals surface area contributed by atoms with E-state index in [0.717, 1.165) is 6.41 Å². The van der Waals surface area contributed by atoms with E-state index in [0.29, 0.717) is 0 Å². The molecule has 3 rings (SSSR count). The first-order valence-electron chi connectivity index (χ1n) is 7.26. The molecule has 1 N–H and O–H groups in total. The third-order valence-corrected chi connectivity index (χ3v) is 8.04. The van der Waals surface area contributed by atoms with E-state index in [1.165, 1.54) is 15.6 Å². The van der Waals surface area contributed by atoms with Gasteiger partial charge in [-0.3, -0.25) is 4.79 Å². The smallest absolute Gasteiger partial charge is 0.252 e. The minimum Gasteiger partial charge on any atom is -0.373 e. The topological polar surface area (TPSA) is 29.1 Å². The lowest BCUT2D eigenvalue weighted by molar-refractivity contribution is -0.108. The summed E-state index contributed by atoms with van der Waals surface area (Å²) in [5.74, 6) is 0. The average Bonchev–Trinajstić information content (AvgIpc) is 2.62. The van der Waals surface area contributed by atoms with Gasteiger partial charge in [-0.05, 0) is 15.6 Å². The van der Waals surface area contributed by atoms with Crippen molar-refractivity contribution in [3.63, 3.8) is 0 Å². The van der Waals surface area contributed by atoms with Gasteiger partial charge in [0.2, 0.25) is 0 Å². The van der Waals surface area contributed by atoms with Gasteiger partial charge in [0.1, 0.15) is 0 Å². The Morgan fingerprint density at radius 1 is 0.591 bits per heavy atom. The van der Waals surface area contributed by atoms with Gasteiger partial charge in [-0.25, -0.2) is 0 Å². The first-order valence-corrected chi connectivity index (χ1v) is 9.26. The molecular weight excluding hydrogens is 286 g/mol. The number of rotatable bonds is 5. The van der Waals surface area contributed by atoms with E-state index in [4.69, 9.17) is 0 Å². The fourth-order valence-electron chi connectivity index (χ4n) is 2.90. The summed E-state index contributed by atoms with van der Waals surface area (Å²) in [6.45, 7) is 0. The van der Waals surface area contributed by atoms with E-state index < -0.39 is 8.24 Å². The molecule has 0 spiro atoms. The molecule has 22 heavy (non-hydrogen) atoms. The molecule has 3 heteroatoms. The lowest BCUT2D eigenvalue weighted by Gasteiger charge is -2.32. The zero-order valence-electron chi connectivity index (χ0n) is 12.1. The van der Waals surface area contributed by atoms with Crippen LogP contribution in [-0.4, -0.2) is 14.6 Å². The molecule has 0 aromatic heterocycles. The summed E-state index contributed by atoms with van der Waals surface area (Å²) in [5.41, 5.74) is 0. The molecule has 3 aromatic rings. The first kappa shape index (κ1) is 14.3. The van der Waals surface area contributed by atoms with E-state index in [1.54, 1.807) is 0 Å². The third kappa shape index (κ3) is 2.47. The number of hydrogen-bond donors (Lipinski definition) is 1. The van der Waals surface area contributed by atoms with Crippen LogP contribution in [0.3, 0.4) is 0 Å². The van der Waals surface area contributed by atoms with Crippen LogP contribution in [0.5, 0.6) is 0 Å². The van der Waals surface area contributed by atoms with Gasteiger partial charge in [-0.1, -0.05) is 91.0 Å². The highest BCUT2D eigenvalue weighted by Gasteiger charge is 2.39. The van der Waals surface area contributed by atoms with Crippen LogP contribution in [0, 0.1) is 0 Å². The summed E-state index contributed by atoms with van der Waals surface area (Å²) >= 11 is 0. The van der Waals surface area contributed by atoms with Crippen LogP contribution in [0.15, 0.2) is 91.0 Å². The van der Waals surface area contributed by atoms with Crippen molar-refractivity contribution in [2.75, 3.05) is 0 Å². The van der Waals surface area contributed by atoms with Crippen molar-refractivity contribution in [2.24, 2.45) is 0 Å². The van der Waals surface area contributed by atoms with Gasteiger partial charge in [0.15, 0.2) is 6.41 Å². The summed E-state index contributed by atoms with van der Waals surface area (Å²) in [7, 11) is -2.54. The van der Waals surface area contributed by atoms with Gasteiger partial charge in [0.05, 0.1) is 0 Å². The Morgan fingerprint density at radius 3 is 1.18 bits per heavy atom. The van der Waals surface area contributed by atoms with Crippen LogP contribution in [-0.2, 0) is 4.79 Å². The molecule has 0 unspecified atom stereocenters. The number of benzene rings is 3. The predicted octanol–water partition coefficient (Wildman–Crippen LogP) is 1.40. The third-order valence-electron chi connectivity index (χ3n) is 3.90. The van der Waals surface area contributed by atoms with Gasteiger partial charge in [-0.2, -0.15) is 0 Å². The second kappa shape index (κ2) is 6.41. The summed E-state index contributed by atoms with van der Waals surface area (Å²) in [6, 6.07) is 30.7. The Hall–Kier alpha value is -2.65. The highest BCUT2D eigenvalue weighted by molar-refractivity contribution is 7.10. The van der Waals surface area contributed by atoms with Gasteiger partial charge < -0.3 is 4.98 Å². The summed E-state index contributed by atoms with van der Waals surface area (Å²) in [5, 5.41) is 3.50. The summed E-state index contributed by atoms with van der Waals surface area (Å²) in [4.78, 5) is 14.7. The van der Waals surface area contributed by atoms with Crippen LogP contribution < -0.4 is 20.5 Å². The van der Waals surface area contributed by atoms with Crippen LogP contribution in [0.4, 0.5) is 0 Å². The highest BCUT2D eigenvalue weighted by atomic mass is 28.3. The number of amides is 1. The minimum atomic E-state index is -2.54. The van der Waals surface area contributed by atoms with E-state index in [9.17, 15) is 4.79 Å². The maximum absolute atomic E-state index is 11.5. The zero-order valence-corrected chi connectivity index (χ0v) is 13.1. The van der Waals surface area contributed by atoms with Crippen molar-refractivity contribution < 1.29 is 4.79 Å². The molecular formula is C19H17NOSi. The first-order chi connectivity index (χ1) is 10.9. The van der Waals surface area contributed by atoms with Crippen molar-refractivity contribution in [3.05, 3.63) is 91.0 Å². The monoisotopic (exact) mass is 303 g/mol. The number of carbonyl (C=O) groups is 1. The zero-order chi connectivity index (χ0) is 15.3. The predicted molar refractivity (Wildman–Crippen MR) is 93.2 cm³/mol. The quantitative estimate of drug-likeness (QED) is 0.431. The largest absolute Gasteiger partial charge is 0.373 e. The molecule has 0 bridgehead atoms. The molecule has 0 heterocycles. The Kier molecular flexibility index (Phi) is 4.16. The average molecular weight is 303 g/mol. The summed E-state index contributed by atoms with van der Waals surface area (Å²) in [6.07, 6.45) is 0.833. The Balaban J connectivity index is 2.31. The Labute approximate surface area is 131 Å². The van der Waals surface area contributed by atoms with Crippen molar-refractivity contribution >= 4 is 30.2 Å². The van der Waals surface area contributed by atoms with Crippen LogP contribution in [0.2, 0.25) is 0 Å². The molecule has 1 amide bonds. The molecule has 3 aromatic carbocycles. The van der Waals surface area contributed by atoms with Gasteiger partial charge in [0, 0.05) is 0 Å². The van der Waals surface area contributed by atoms with Gasteiger partial charge in [-0.15, -0.1) is 0 Å². The molecule has 0 fully saturated rings. The standard InChI is InChI=1S/C19H17NOSi/c21-16-20-22(17-10-4-1-5-11-17,18-12-6-2-7-13-18)19-14-8-3-9-15-19/h1-16H,(H,20,21). The van der Waals surface area contributed by atoms with Gasteiger partial charge in [0.25, 0.3) is 8.24 Å². The number of hydrogen-bond acceptors (Lipinski definition) is 1. The van der Waals surface area contributed by atoms with E-state index in [-0.39, 0.29) is 0 Å². The maximum atomic E-state index is 11.5. The van der Waals surface area contributed by atoms with Crippen molar-refractivity contribution in [1.82, 2.24) is 4.98 Å². The lowest BCUT2D eigenvalue weighted by atomic mass is 10.3. The molecule has 0 aliphatic rings. The molecule has 0 aliphatic heterocycles. The molecule has 0 aliphatic carbocycles. The number of carbonyl (C=O) groups excluding carboxylic acids is 1. The van der Waals surface area contributed by atoms with E-state index in [1.807, 2.05) is 54.6 Å². The van der Waals surface area contributed by atoms with Crippen LogP contribution in [0.25, 0.3) is 0 Å². The molecule has 2 nitrogen and oxygen atoms in total. The van der Waals surface area contributed by atoms with Crippen LogP contribution in [0.1, 0.15) is 0 Å². The number of nitrogens with one attached hydrogen (secondary N) is 1. The fourth-order valence-corrected chi connectivity index (χ4v) is 6.66. The molecule has 0 atom stereocenters. The normalized spacial score (nSPS) is 10.9. The Bertz CT molecular complexity index is 632. The molecule has 0 radical (unpaired) electrons. The second-order valence-electron chi connectivity index (χ2n) is 5.11. The van der Waals surface area contributed by atoms with Crippen molar-refractivity contribution in [1.29, 1.82) is 0 Å². The van der Waals surface area contributed by atoms with Crippen molar-refractivity contribution in [2.45, 2.75) is 0 Å².